The van der Waals surface area contributed by atoms with Crippen molar-refractivity contribution in [2.75, 3.05) is 0 Å². The van der Waals surface area contributed by atoms with Crippen LogP contribution in [0.5, 0.6) is 0 Å². The SMILES string of the molecule is CC(C)NCc1ncc(-c2cc(F)c(Cl)cc2F)o1. The minimum Gasteiger partial charge on any atom is -0.439 e. The van der Waals surface area contributed by atoms with E-state index in [0.29, 0.717) is 12.4 Å². The molecule has 0 saturated heterocycles. The molecule has 1 aromatic heterocycles. The highest BCUT2D eigenvalue weighted by atomic mass is 35.5. The summed E-state index contributed by atoms with van der Waals surface area (Å²) in [6.07, 6.45) is 1.36. The Labute approximate surface area is 114 Å². The van der Waals surface area contributed by atoms with E-state index >= 15 is 0 Å². The van der Waals surface area contributed by atoms with E-state index in [4.69, 9.17) is 16.0 Å². The number of oxazole rings is 1. The number of hydrogen-bond donors (Lipinski definition) is 1. The van der Waals surface area contributed by atoms with Gasteiger partial charge in [-0.3, -0.25) is 0 Å². The molecule has 0 unspecified atom stereocenters. The fourth-order valence-electron chi connectivity index (χ4n) is 1.52. The van der Waals surface area contributed by atoms with Gasteiger partial charge in [-0.15, -0.1) is 0 Å². The molecule has 19 heavy (non-hydrogen) atoms. The standard InChI is InChI=1S/C13H13ClF2N2O/c1-7(2)17-6-13-18-5-12(19-13)8-3-11(16)9(14)4-10(8)15/h3-5,7,17H,6H2,1-2H3. The van der Waals surface area contributed by atoms with Crippen molar-refractivity contribution < 1.29 is 13.2 Å². The molecule has 0 fully saturated rings. The molecule has 0 atom stereocenters. The van der Waals surface area contributed by atoms with Crippen LogP contribution in [0.4, 0.5) is 8.78 Å². The van der Waals surface area contributed by atoms with Gasteiger partial charge in [0, 0.05) is 6.04 Å². The van der Waals surface area contributed by atoms with Crippen molar-refractivity contribution >= 4 is 11.6 Å². The fourth-order valence-corrected chi connectivity index (χ4v) is 1.67. The minimum atomic E-state index is -0.698. The Kier molecular flexibility index (Phi) is 4.17. The molecule has 1 aromatic carbocycles. The van der Waals surface area contributed by atoms with Gasteiger partial charge < -0.3 is 9.73 Å². The van der Waals surface area contributed by atoms with Gasteiger partial charge in [-0.2, -0.15) is 0 Å². The highest BCUT2D eigenvalue weighted by molar-refractivity contribution is 6.30. The number of aromatic nitrogens is 1. The molecule has 1 heterocycles. The lowest BCUT2D eigenvalue weighted by atomic mass is 10.1. The second-order valence-corrected chi connectivity index (χ2v) is 4.81. The topological polar surface area (TPSA) is 38.1 Å². The van der Waals surface area contributed by atoms with Gasteiger partial charge in [-0.1, -0.05) is 25.4 Å². The van der Waals surface area contributed by atoms with Gasteiger partial charge in [0.25, 0.3) is 0 Å². The summed E-state index contributed by atoms with van der Waals surface area (Å²) in [7, 11) is 0. The van der Waals surface area contributed by atoms with Crippen molar-refractivity contribution in [1.29, 1.82) is 0 Å². The van der Waals surface area contributed by atoms with Crippen molar-refractivity contribution in [3.63, 3.8) is 0 Å². The molecule has 0 radical (unpaired) electrons. The molecule has 3 nitrogen and oxygen atoms in total. The van der Waals surface area contributed by atoms with Gasteiger partial charge in [0.2, 0.25) is 5.89 Å². The molecule has 0 aliphatic heterocycles. The van der Waals surface area contributed by atoms with E-state index in [1.807, 2.05) is 13.8 Å². The average molecular weight is 287 g/mol. The molecule has 0 saturated carbocycles. The van der Waals surface area contributed by atoms with Gasteiger partial charge in [-0.25, -0.2) is 13.8 Å². The van der Waals surface area contributed by atoms with Crippen LogP contribution < -0.4 is 5.32 Å². The fraction of sp³-hybridized carbons (Fsp3) is 0.308. The Bertz CT molecular complexity index is 584. The largest absolute Gasteiger partial charge is 0.439 e. The molecule has 102 valence electrons. The summed E-state index contributed by atoms with van der Waals surface area (Å²) in [5, 5.41) is 2.85. The Hall–Kier alpha value is -1.46. The van der Waals surface area contributed by atoms with E-state index < -0.39 is 11.6 Å². The normalized spacial score (nSPS) is 11.3. The van der Waals surface area contributed by atoms with Crippen LogP contribution in [0.3, 0.4) is 0 Å². The Morgan fingerprint density at radius 1 is 1.32 bits per heavy atom. The van der Waals surface area contributed by atoms with Gasteiger partial charge in [0.05, 0.1) is 23.3 Å². The number of hydrogen-bond acceptors (Lipinski definition) is 3. The highest BCUT2D eigenvalue weighted by Crippen LogP contribution is 2.28. The highest BCUT2D eigenvalue weighted by Gasteiger charge is 2.14. The summed E-state index contributed by atoms with van der Waals surface area (Å²) in [6, 6.07) is 2.19. The van der Waals surface area contributed by atoms with Crippen molar-refractivity contribution in [2.24, 2.45) is 0 Å². The predicted molar refractivity (Wildman–Crippen MR) is 68.8 cm³/mol. The van der Waals surface area contributed by atoms with Crippen molar-refractivity contribution in [3.8, 4) is 11.3 Å². The smallest absolute Gasteiger partial charge is 0.208 e. The number of halogens is 3. The zero-order chi connectivity index (χ0) is 14.0. The first-order valence-electron chi connectivity index (χ1n) is 5.80. The van der Waals surface area contributed by atoms with Gasteiger partial charge >= 0.3 is 0 Å². The molecular weight excluding hydrogens is 274 g/mol. The molecular formula is C13H13ClF2N2O. The molecule has 0 spiro atoms. The summed E-state index contributed by atoms with van der Waals surface area (Å²) in [6.45, 7) is 4.39. The van der Waals surface area contributed by atoms with Crippen LogP contribution >= 0.6 is 11.6 Å². The lowest BCUT2D eigenvalue weighted by Crippen LogP contribution is -2.21. The zero-order valence-corrected chi connectivity index (χ0v) is 11.3. The number of nitrogens with one attached hydrogen (secondary N) is 1. The maximum atomic E-state index is 13.7. The Balaban J connectivity index is 2.25. The first kappa shape index (κ1) is 14.0. The van der Waals surface area contributed by atoms with Crippen LogP contribution in [0.2, 0.25) is 5.02 Å². The van der Waals surface area contributed by atoms with E-state index in [0.717, 1.165) is 12.1 Å². The van der Waals surface area contributed by atoms with Crippen LogP contribution in [0, 0.1) is 11.6 Å². The molecule has 0 amide bonds. The number of nitrogens with zero attached hydrogens (tertiary/aromatic N) is 1. The summed E-state index contributed by atoms with van der Waals surface area (Å²) in [5.41, 5.74) is 0.00481. The van der Waals surface area contributed by atoms with Crippen LogP contribution in [0.25, 0.3) is 11.3 Å². The van der Waals surface area contributed by atoms with Gasteiger partial charge in [-0.05, 0) is 12.1 Å². The van der Waals surface area contributed by atoms with E-state index in [9.17, 15) is 8.78 Å². The first-order chi connectivity index (χ1) is 8.97. The summed E-state index contributed by atoms with van der Waals surface area (Å²) in [5.74, 6) is -0.755. The molecule has 2 aromatic rings. The minimum absolute atomic E-state index is 0.00481. The second kappa shape index (κ2) is 5.67. The molecule has 0 aliphatic rings. The summed E-state index contributed by atoms with van der Waals surface area (Å²) < 4.78 is 32.4. The maximum Gasteiger partial charge on any atom is 0.208 e. The Morgan fingerprint density at radius 3 is 2.74 bits per heavy atom. The maximum absolute atomic E-state index is 13.7. The molecule has 2 rings (SSSR count). The van der Waals surface area contributed by atoms with E-state index in [-0.39, 0.29) is 22.4 Å². The van der Waals surface area contributed by atoms with Crippen LogP contribution in [0.1, 0.15) is 19.7 Å². The van der Waals surface area contributed by atoms with Crippen LogP contribution in [-0.4, -0.2) is 11.0 Å². The second-order valence-electron chi connectivity index (χ2n) is 4.40. The predicted octanol–water partition coefficient (Wildman–Crippen LogP) is 3.77. The van der Waals surface area contributed by atoms with Gasteiger partial charge in [0.1, 0.15) is 11.6 Å². The first-order valence-corrected chi connectivity index (χ1v) is 6.18. The Morgan fingerprint density at radius 2 is 2.05 bits per heavy atom. The molecule has 0 aliphatic carbocycles. The lowest BCUT2D eigenvalue weighted by Gasteiger charge is -2.04. The molecule has 6 heteroatoms. The monoisotopic (exact) mass is 286 g/mol. The van der Waals surface area contributed by atoms with Crippen molar-refractivity contribution in [1.82, 2.24) is 10.3 Å². The number of rotatable bonds is 4. The third-order valence-electron chi connectivity index (χ3n) is 2.49. The average Bonchev–Trinajstić information content (AvgIpc) is 2.80. The van der Waals surface area contributed by atoms with Crippen LogP contribution in [0.15, 0.2) is 22.7 Å². The van der Waals surface area contributed by atoms with Crippen molar-refractivity contribution in [2.45, 2.75) is 26.4 Å². The molecule has 1 N–H and O–H groups in total. The summed E-state index contributed by atoms with van der Waals surface area (Å²) in [4.78, 5) is 4.01. The quantitative estimate of drug-likeness (QED) is 0.870. The van der Waals surface area contributed by atoms with Gasteiger partial charge in [0.15, 0.2) is 5.76 Å². The van der Waals surface area contributed by atoms with Crippen molar-refractivity contribution in [3.05, 3.63) is 40.9 Å². The zero-order valence-electron chi connectivity index (χ0n) is 10.5. The van der Waals surface area contributed by atoms with Crippen LogP contribution in [-0.2, 0) is 6.54 Å². The van der Waals surface area contributed by atoms with E-state index in [2.05, 4.69) is 10.3 Å². The van der Waals surface area contributed by atoms with E-state index in [1.54, 1.807) is 0 Å². The summed E-state index contributed by atoms with van der Waals surface area (Å²) >= 11 is 5.49. The third-order valence-corrected chi connectivity index (χ3v) is 2.78. The van der Waals surface area contributed by atoms with E-state index in [1.165, 1.54) is 6.20 Å². The lowest BCUT2D eigenvalue weighted by molar-refractivity contribution is 0.457. The third kappa shape index (κ3) is 3.30. The number of benzene rings is 1. The molecule has 0 bridgehead atoms.